The van der Waals surface area contributed by atoms with Crippen LogP contribution in [0.25, 0.3) is 17.1 Å². The molecule has 0 fully saturated rings. The Balaban J connectivity index is 1.69. The summed E-state index contributed by atoms with van der Waals surface area (Å²) in [5.74, 6) is -0.409. The first-order valence-corrected chi connectivity index (χ1v) is 8.07. The maximum atomic E-state index is 12.6. The van der Waals surface area contributed by atoms with Gasteiger partial charge in [0.2, 0.25) is 11.6 Å². The third kappa shape index (κ3) is 3.31. The summed E-state index contributed by atoms with van der Waals surface area (Å²) in [6.45, 7) is 0. The van der Waals surface area contributed by atoms with E-state index in [1.165, 1.54) is 10.9 Å². The molecule has 4 aromatic rings. The molecule has 0 spiro atoms. The minimum Gasteiger partial charge on any atom is -0.378 e. The zero-order valence-electron chi connectivity index (χ0n) is 14.3. The van der Waals surface area contributed by atoms with E-state index in [1.807, 2.05) is 18.2 Å². The molecule has 0 atom stereocenters. The Kier molecular flexibility index (Phi) is 4.53. The van der Waals surface area contributed by atoms with Crippen LogP contribution in [0.1, 0.15) is 16.1 Å². The van der Waals surface area contributed by atoms with Crippen molar-refractivity contribution in [2.45, 2.75) is 0 Å². The molecule has 3 heterocycles. The number of pyridine rings is 1. The molecule has 11 heteroatoms. The molecule has 138 valence electrons. The van der Waals surface area contributed by atoms with E-state index in [0.717, 1.165) is 5.56 Å². The van der Waals surface area contributed by atoms with Gasteiger partial charge in [0.05, 0.1) is 6.21 Å². The molecule has 3 aromatic heterocycles. The van der Waals surface area contributed by atoms with E-state index >= 15 is 0 Å². The lowest BCUT2D eigenvalue weighted by Crippen LogP contribution is -2.19. The first-order chi connectivity index (χ1) is 13.7. The molecule has 0 aliphatic heterocycles. The summed E-state index contributed by atoms with van der Waals surface area (Å²) in [5, 5.41) is 19.1. The number of hydrogen-bond donors (Lipinski definition) is 2. The van der Waals surface area contributed by atoms with Crippen molar-refractivity contribution in [1.82, 2.24) is 35.7 Å². The lowest BCUT2D eigenvalue weighted by molar-refractivity contribution is 0.0950. The van der Waals surface area contributed by atoms with Gasteiger partial charge in [-0.1, -0.05) is 41.6 Å². The summed E-state index contributed by atoms with van der Waals surface area (Å²) >= 11 is 0. The van der Waals surface area contributed by atoms with E-state index in [1.54, 1.807) is 36.7 Å². The van der Waals surface area contributed by atoms with Crippen molar-refractivity contribution < 1.29 is 9.42 Å². The summed E-state index contributed by atoms with van der Waals surface area (Å²) in [5.41, 5.74) is 10.0. The SMILES string of the molecule is Nc1nonc1-n1nnc(C(=O)N/N=C\c2cccnc2)c1-c1ccccc1. The molecule has 28 heavy (non-hydrogen) atoms. The number of carbonyl (C=O) groups is 1. The summed E-state index contributed by atoms with van der Waals surface area (Å²) in [6, 6.07) is 12.6. The lowest BCUT2D eigenvalue weighted by Gasteiger charge is -2.05. The Bertz CT molecular complexity index is 1120. The minimum absolute atomic E-state index is 0.0173. The van der Waals surface area contributed by atoms with Crippen LogP contribution in [0.3, 0.4) is 0 Å². The largest absolute Gasteiger partial charge is 0.378 e. The third-order valence-electron chi connectivity index (χ3n) is 3.69. The van der Waals surface area contributed by atoms with Gasteiger partial charge in [-0.3, -0.25) is 9.78 Å². The van der Waals surface area contributed by atoms with Crippen LogP contribution in [0, 0.1) is 0 Å². The zero-order chi connectivity index (χ0) is 19.3. The van der Waals surface area contributed by atoms with Crippen molar-refractivity contribution in [3.8, 4) is 17.1 Å². The second-order valence-corrected chi connectivity index (χ2v) is 5.52. The van der Waals surface area contributed by atoms with Crippen molar-refractivity contribution in [2.24, 2.45) is 5.10 Å². The lowest BCUT2D eigenvalue weighted by atomic mass is 10.1. The predicted molar refractivity (Wildman–Crippen MR) is 98.4 cm³/mol. The van der Waals surface area contributed by atoms with Crippen LogP contribution in [0.4, 0.5) is 5.82 Å². The van der Waals surface area contributed by atoms with E-state index in [0.29, 0.717) is 11.3 Å². The molecule has 3 N–H and O–H groups in total. The highest BCUT2D eigenvalue weighted by atomic mass is 16.6. The standard InChI is InChI=1S/C17H13N9O2/c18-15-16(24-28-23-15)26-14(12-6-2-1-3-7-12)13(21-25-26)17(27)22-20-10-11-5-4-8-19-9-11/h1-10H,(H2,18,23)(H,22,27)/b20-10-. The first kappa shape index (κ1) is 17.0. The average molecular weight is 375 g/mol. The molecule has 1 aromatic carbocycles. The summed E-state index contributed by atoms with van der Waals surface area (Å²) in [4.78, 5) is 16.6. The van der Waals surface area contributed by atoms with Gasteiger partial charge in [-0.2, -0.15) is 9.78 Å². The van der Waals surface area contributed by atoms with Gasteiger partial charge < -0.3 is 5.73 Å². The van der Waals surface area contributed by atoms with Crippen LogP contribution < -0.4 is 11.2 Å². The van der Waals surface area contributed by atoms with E-state index in [-0.39, 0.29) is 17.3 Å². The molecule has 0 saturated carbocycles. The molecule has 4 rings (SSSR count). The Hall–Kier alpha value is -4.41. The summed E-state index contributed by atoms with van der Waals surface area (Å²) in [7, 11) is 0. The van der Waals surface area contributed by atoms with Crippen LogP contribution in [0.15, 0.2) is 64.6 Å². The van der Waals surface area contributed by atoms with Gasteiger partial charge in [0.1, 0.15) is 5.69 Å². The number of hydrogen-bond acceptors (Lipinski definition) is 9. The monoisotopic (exact) mass is 375 g/mol. The maximum Gasteiger partial charge on any atom is 0.294 e. The molecule has 1 amide bonds. The normalized spacial score (nSPS) is 11.0. The minimum atomic E-state index is -0.555. The van der Waals surface area contributed by atoms with Crippen LogP contribution in [-0.4, -0.2) is 42.4 Å². The number of hydrazone groups is 1. The van der Waals surface area contributed by atoms with E-state index < -0.39 is 5.91 Å². The molecule has 11 nitrogen and oxygen atoms in total. The van der Waals surface area contributed by atoms with Gasteiger partial charge in [0, 0.05) is 23.5 Å². The van der Waals surface area contributed by atoms with E-state index in [4.69, 9.17) is 5.73 Å². The van der Waals surface area contributed by atoms with Crippen LogP contribution >= 0.6 is 0 Å². The highest BCUT2D eigenvalue weighted by molar-refractivity contribution is 5.98. The number of nitrogens with two attached hydrogens (primary N) is 1. The average Bonchev–Trinajstić information content (AvgIpc) is 3.35. The van der Waals surface area contributed by atoms with Gasteiger partial charge in [-0.15, -0.1) is 5.10 Å². The molecule has 0 radical (unpaired) electrons. The Morgan fingerprint density at radius 3 is 2.75 bits per heavy atom. The van der Waals surface area contributed by atoms with Crippen molar-refractivity contribution in [2.75, 3.05) is 5.73 Å². The summed E-state index contributed by atoms with van der Waals surface area (Å²) in [6.07, 6.45) is 4.73. The first-order valence-electron chi connectivity index (χ1n) is 8.07. The number of amides is 1. The Morgan fingerprint density at radius 2 is 2.04 bits per heavy atom. The van der Waals surface area contributed by atoms with E-state index in [9.17, 15) is 4.79 Å². The predicted octanol–water partition coefficient (Wildman–Crippen LogP) is 1.06. The van der Waals surface area contributed by atoms with Gasteiger partial charge in [0.25, 0.3) is 5.91 Å². The van der Waals surface area contributed by atoms with E-state index in [2.05, 4.69) is 40.8 Å². The smallest absolute Gasteiger partial charge is 0.294 e. The van der Waals surface area contributed by atoms with Crippen molar-refractivity contribution in [3.63, 3.8) is 0 Å². The van der Waals surface area contributed by atoms with Crippen LogP contribution in [0.2, 0.25) is 0 Å². The highest BCUT2D eigenvalue weighted by Crippen LogP contribution is 2.26. The molecule has 0 saturated heterocycles. The number of nitrogen functional groups attached to an aromatic ring is 1. The van der Waals surface area contributed by atoms with Crippen molar-refractivity contribution in [1.29, 1.82) is 0 Å². The van der Waals surface area contributed by atoms with Crippen LogP contribution in [-0.2, 0) is 0 Å². The Morgan fingerprint density at radius 1 is 1.18 bits per heavy atom. The topological polar surface area (TPSA) is 150 Å². The van der Waals surface area contributed by atoms with Crippen molar-refractivity contribution >= 4 is 17.9 Å². The fourth-order valence-corrected chi connectivity index (χ4v) is 2.45. The number of benzene rings is 1. The van der Waals surface area contributed by atoms with Gasteiger partial charge >= 0.3 is 0 Å². The molecular formula is C17H13N9O2. The van der Waals surface area contributed by atoms with Crippen molar-refractivity contribution in [3.05, 3.63) is 66.1 Å². The van der Waals surface area contributed by atoms with Gasteiger partial charge in [-0.05, 0) is 16.4 Å². The van der Waals surface area contributed by atoms with Gasteiger partial charge in [-0.25, -0.2) is 10.1 Å². The molecule has 0 unspecified atom stereocenters. The number of anilines is 1. The molecule has 0 aliphatic carbocycles. The highest BCUT2D eigenvalue weighted by Gasteiger charge is 2.24. The molecule has 0 aliphatic rings. The number of nitrogens with zero attached hydrogens (tertiary/aromatic N) is 7. The maximum absolute atomic E-state index is 12.6. The number of nitrogens with one attached hydrogen (secondary N) is 1. The number of aromatic nitrogens is 6. The third-order valence-corrected chi connectivity index (χ3v) is 3.69. The quantitative estimate of drug-likeness (QED) is 0.388. The Labute approximate surface area is 157 Å². The zero-order valence-corrected chi connectivity index (χ0v) is 14.3. The van der Waals surface area contributed by atoms with Crippen LogP contribution in [0.5, 0.6) is 0 Å². The number of rotatable bonds is 5. The van der Waals surface area contributed by atoms with Gasteiger partial charge in [0.15, 0.2) is 5.69 Å². The fraction of sp³-hybridized carbons (Fsp3) is 0. The summed E-state index contributed by atoms with van der Waals surface area (Å²) < 4.78 is 5.92. The second kappa shape index (κ2) is 7.45. The number of carbonyl (C=O) groups excluding carboxylic acids is 1. The molecular weight excluding hydrogens is 362 g/mol. The second-order valence-electron chi connectivity index (χ2n) is 5.52. The molecule has 0 bridgehead atoms. The fourth-order valence-electron chi connectivity index (χ4n) is 2.45.